The van der Waals surface area contributed by atoms with Gasteiger partial charge in [0, 0.05) is 37.6 Å². The molecule has 0 radical (unpaired) electrons. The lowest BCUT2D eigenvalue weighted by Crippen LogP contribution is -2.48. The topological polar surface area (TPSA) is 44.4 Å². The van der Waals surface area contributed by atoms with Gasteiger partial charge in [-0.25, -0.2) is 0 Å². The normalized spacial score (nSPS) is 32.5. The zero-order valence-electron chi connectivity index (χ0n) is 15.1. The Morgan fingerprint density at radius 2 is 1.88 bits per heavy atom. The third-order valence-electron chi connectivity index (χ3n) is 6.16. The molecule has 1 aromatic carbocycles. The Labute approximate surface area is 151 Å². The van der Waals surface area contributed by atoms with E-state index in [1.807, 2.05) is 0 Å². The fourth-order valence-electron chi connectivity index (χ4n) is 5.05. The Morgan fingerprint density at radius 1 is 1.12 bits per heavy atom. The molecule has 1 amide bonds. The number of hydrogen-bond donors (Lipinski definition) is 2. The molecule has 4 heteroatoms. The molecular formula is C21H31N3O. The number of carbonyl (C=O) groups excluding carboxylic acids is 1. The first-order valence-electron chi connectivity index (χ1n) is 10.1. The van der Waals surface area contributed by atoms with E-state index >= 15 is 0 Å². The molecule has 3 aliphatic rings. The van der Waals surface area contributed by atoms with Crippen molar-refractivity contribution in [2.45, 2.75) is 69.6 Å². The summed E-state index contributed by atoms with van der Waals surface area (Å²) in [5.41, 5.74) is 1.36. The van der Waals surface area contributed by atoms with Crippen molar-refractivity contribution in [2.75, 3.05) is 13.1 Å². The molecular weight excluding hydrogens is 310 g/mol. The van der Waals surface area contributed by atoms with Crippen LogP contribution in [0, 0.1) is 5.92 Å². The van der Waals surface area contributed by atoms with Gasteiger partial charge in [0.15, 0.2) is 0 Å². The SMILES string of the molecule is O=C(CC1CC2CCC(C1)N2)NC1CCCN(Cc2ccccc2)C1. The Bertz CT molecular complexity index is 564. The molecule has 2 bridgehead atoms. The first kappa shape index (κ1) is 17.0. The maximum atomic E-state index is 12.5. The monoisotopic (exact) mass is 341 g/mol. The highest BCUT2D eigenvalue weighted by Crippen LogP contribution is 2.32. The maximum Gasteiger partial charge on any atom is 0.220 e. The number of piperidine rings is 2. The predicted octanol–water partition coefficient (Wildman–Crippen LogP) is 2.69. The summed E-state index contributed by atoms with van der Waals surface area (Å²) in [5.74, 6) is 0.862. The number of nitrogens with zero attached hydrogens (tertiary/aromatic N) is 1. The van der Waals surface area contributed by atoms with Gasteiger partial charge in [-0.1, -0.05) is 30.3 Å². The van der Waals surface area contributed by atoms with Gasteiger partial charge in [-0.15, -0.1) is 0 Å². The van der Waals surface area contributed by atoms with Crippen LogP contribution in [0.2, 0.25) is 0 Å². The molecule has 4 rings (SSSR count). The van der Waals surface area contributed by atoms with Gasteiger partial charge in [0.25, 0.3) is 0 Å². The molecule has 3 fully saturated rings. The molecule has 0 aromatic heterocycles. The molecule has 3 aliphatic heterocycles. The fourth-order valence-corrected chi connectivity index (χ4v) is 5.05. The van der Waals surface area contributed by atoms with E-state index in [2.05, 4.69) is 45.9 Å². The first-order valence-corrected chi connectivity index (χ1v) is 10.1. The summed E-state index contributed by atoms with van der Waals surface area (Å²) in [7, 11) is 0. The van der Waals surface area contributed by atoms with Gasteiger partial charge in [0.1, 0.15) is 0 Å². The lowest BCUT2D eigenvalue weighted by Gasteiger charge is -2.34. The van der Waals surface area contributed by atoms with E-state index in [0.717, 1.165) is 32.5 Å². The zero-order chi connectivity index (χ0) is 17.1. The van der Waals surface area contributed by atoms with Gasteiger partial charge in [0.2, 0.25) is 5.91 Å². The van der Waals surface area contributed by atoms with Crippen molar-refractivity contribution in [1.82, 2.24) is 15.5 Å². The Kier molecular flexibility index (Phi) is 5.37. The summed E-state index contributed by atoms with van der Waals surface area (Å²) in [4.78, 5) is 15.0. The number of rotatable bonds is 5. The highest BCUT2D eigenvalue weighted by molar-refractivity contribution is 5.76. The van der Waals surface area contributed by atoms with Crippen LogP contribution in [0.3, 0.4) is 0 Å². The average molecular weight is 341 g/mol. The smallest absolute Gasteiger partial charge is 0.220 e. The van der Waals surface area contributed by atoms with Gasteiger partial charge in [-0.05, 0) is 56.6 Å². The summed E-state index contributed by atoms with van der Waals surface area (Å²) in [6.45, 7) is 3.11. The minimum Gasteiger partial charge on any atom is -0.352 e. The molecule has 0 aliphatic carbocycles. The first-order chi connectivity index (χ1) is 12.2. The highest BCUT2D eigenvalue weighted by atomic mass is 16.1. The second-order valence-corrected chi connectivity index (χ2v) is 8.31. The van der Waals surface area contributed by atoms with E-state index in [9.17, 15) is 4.79 Å². The molecule has 4 nitrogen and oxygen atoms in total. The van der Waals surface area contributed by atoms with Crippen LogP contribution in [-0.2, 0) is 11.3 Å². The molecule has 0 saturated carbocycles. The molecule has 25 heavy (non-hydrogen) atoms. The van der Waals surface area contributed by atoms with Gasteiger partial charge < -0.3 is 10.6 Å². The summed E-state index contributed by atoms with van der Waals surface area (Å²) in [5, 5.41) is 7.00. The minimum atomic E-state index is 0.276. The predicted molar refractivity (Wildman–Crippen MR) is 100 cm³/mol. The number of amides is 1. The van der Waals surface area contributed by atoms with Crippen molar-refractivity contribution in [1.29, 1.82) is 0 Å². The van der Waals surface area contributed by atoms with E-state index in [1.54, 1.807) is 0 Å². The van der Waals surface area contributed by atoms with Gasteiger partial charge in [-0.2, -0.15) is 0 Å². The number of hydrogen-bond acceptors (Lipinski definition) is 3. The second-order valence-electron chi connectivity index (χ2n) is 8.31. The van der Waals surface area contributed by atoms with Gasteiger partial charge in [-0.3, -0.25) is 9.69 Å². The van der Waals surface area contributed by atoms with Crippen LogP contribution in [0.25, 0.3) is 0 Å². The van der Waals surface area contributed by atoms with Crippen LogP contribution < -0.4 is 10.6 Å². The number of fused-ring (bicyclic) bond motifs is 2. The summed E-state index contributed by atoms with van der Waals surface area (Å²) >= 11 is 0. The molecule has 1 aromatic rings. The van der Waals surface area contributed by atoms with E-state index in [-0.39, 0.29) is 5.91 Å². The summed E-state index contributed by atoms with van der Waals surface area (Å²) < 4.78 is 0. The zero-order valence-corrected chi connectivity index (χ0v) is 15.1. The minimum absolute atomic E-state index is 0.276. The van der Waals surface area contributed by atoms with Crippen molar-refractivity contribution in [3.05, 3.63) is 35.9 Å². The molecule has 2 N–H and O–H groups in total. The van der Waals surface area contributed by atoms with E-state index in [4.69, 9.17) is 0 Å². The van der Waals surface area contributed by atoms with Crippen LogP contribution in [0.5, 0.6) is 0 Å². The number of likely N-dealkylation sites (tertiary alicyclic amines) is 1. The third kappa shape index (κ3) is 4.62. The second kappa shape index (κ2) is 7.88. The van der Waals surface area contributed by atoms with Gasteiger partial charge >= 0.3 is 0 Å². The van der Waals surface area contributed by atoms with Crippen molar-refractivity contribution in [2.24, 2.45) is 5.92 Å². The summed E-state index contributed by atoms with van der Waals surface area (Å²) in [6.07, 6.45) is 8.01. The van der Waals surface area contributed by atoms with Crippen LogP contribution >= 0.6 is 0 Å². The Morgan fingerprint density at radius 3 is 2.64 bits per heavy atom. The average Bonchev–Trinajstić information content (AvgIpc) is 2.94. The molecule has 136 valence electrons. The Balaban J connectivity index is 1.23. The quantitative estimate of drug-likeness (QED) is 0.865. The standard InChI is InChI=1S/C21H31N3O/c25-21(13-17-11-18-8-9-19(12-17)22-18)23-20-7-4-10-24(15-20)14-16-5-2-1-3-6-16/h1-3,5-6,17-20,22H,4,7-15H2,(H,23,25). The number of benzene rings is 1. The van der Waals surface area contributed by atoms with Crippen molar-refractivity contribution in [3.8, 4) is 0 Å². The van der Waals surface area contributed by atoms with Crippen LogP contribution in [0.1, 0.15) is 50.5 Å². The summed E-state index contributed by atoms with van der Waals surface area (Å²) in [6, 6.07) is 12.3. The van der Waals surface area contributed by atoms with E-state index in [0.29, 0.717) is 24.0 Å². The molecule has 0 spiro atoms. The van der Waals surface area contributed by atoms with Crippen molar-refractivity contribution in [3.63, 3.8) is 0 Å². The van der Waals surface area contributed by atoms with Crippen LogP contribution in [-0.4, -0.2) is 42.0 Å². The molecule has 3 heterocycles. The highest BCUT2D eigenvalue weighted by Gasteiger charge is 2.34. The molecule has 3 atom stereocenters. The van der Waals surface area contributed by atoms with Crippen molar-refractivity contribution >= 4 is 5.91 Å². The van der Waals surface area contributed by atoms with E-state index in [1.165, 1.54) is 37.7 Å². The number of carbonyl (C=O) groups is 1. The van der Waals surface area contributed by atoms with Crippen LogP contribution in [0.15, 0.2) is 30.3 Å². The Hall–Kier alpha value is -1.39. The lowest BCUT2D eigenvalue weighted by atomic mass is 9.89. The van der Waals surface area contributed by atoms with E-state index < -0.39 is 0 Å². The van der Waals surface area contributed by atoms with Crippen molar-refractivity contribution < 1.29 is 4.79 Å². The fraction of sp³-hybridized carbons (Fsp3) is 0.667. The molecule has 3 unspecified atom stereocenters. The largest absolute Gasteiger partial charge is 0.352 e. The van der Waals surface area contributed by atoms with Gasteiger partial charge in [0.05, 0.1) is 0 Å². The third-order valence-corrected chi connectivity index (χ3v) is 6.16. The molecule has 3 saturated heterocycles. The number of nitrogens with one attached hydrogen (secondary N) is 2. The van der Waals surface area contributed by atoms with Crippen LogP contribution in [0.4, 0.5) is 0 Å². The maximum absolute atomic E-state index is 12.5. The lowest BCUT2D eigenvalue weighted by molar-refractivity contribution is -0.123.